The molecule has 3 fully saturated rings. The zero-order valence-electron chi connectivity index (χ0n) is 15.7. The van der Waals surface area contributed by atoms with Crippen molar-refractivity contribution >= 4 is 5.91 Å². The van der Waals surface area contributed by atoms with Crippen LogP contribution in [0.1, 0.15) is 53.9 Å². The molecule has 2 aromatic carbocycles. The van der Waals surface area contributed by atoms with E-state index in [1.54, 1.807) is 19.0 Å². The molecule has 0 aromatic heterocycles. The minimum Gasteiger partial charge on any atom is -0.457 e. The number of ether oxygens (including phenoxy) is 1. The standard InChI is InChI=1S/C23H27NO2/c1-24(2)23(25)19-9-13-21(14-10-19)26-20-11-7-18(8-12-20)22-15-16-3-5-17(22)6-4-16/h7-14,16-17,22H,3-6,15H2,1-2H3. The SMILES string of the molecule is CN(C)C(=O)c1ccc(Oc2ccc(C3CC4CCC3CC4)cc2)cc1. The summed E-state index contributed by atoms with van der Waals surface area (Å²) < 4.78 is 5.95. The van der Waals surface area contributed by atoms with Crippen LogP contribution in [0.15, 0.2) is 48.5 Å². The van der Waals surface area contributed by atoms with Crippen LogP contribution in [0.2, 0.25) is 0 Å². The Bertz CT molecular complexity index is 756. The van der Waals surface area contributed by atoms with Crippen molar-refractivity contribution in [3.05, 3.63) is 59.7 Å². The lowest BCUT2D eigenvalue weighted by Gasteiger charge is -2.42. The summed E-state index contributed by atoms with van der Waals surface area (Å²) in [6.07, 6.45) is 7.06. The normalized spacial score (nSPS) is 24.3. The minimum atomic E-state index is 0.00248. The fourth-order valence-corrected chi connectivity index (χ4v) is 4.63. The minimum absolute atomic E-state index is 0.00248. The van der Waals surface area contributed by atoms with Gasteiger partial charge in [-0.3, -0.25) is 4.79 Å². The Labute approximate surface area is 156 Å². The van der Waals surface area contributed by atoms with Crippen LogP contribution in [0, 0.1) is 11.8 Å². The molecule has 26 heavy (non-hydrogen) atoms. The number of hydrogen-bond acceptors (Lipinski definition) is 2. The van der Waals surface area contributed by atoms with Gasteiger partial charge in [-0.05, 0) is 79.0 Å². The number of carbonyl (C=O) groups excluding carboxylic acids is 1. The van der Waals surface area contributed by atoms with Crippen LogP contribution in [0.3, 0.4) is 0 Å². The second-order valence-electron chi connectivity index (χ2n) is 8.02. The first kappa shape index (κ1) is 17.1. The number of rotatable bonds is 4. The van der Waals surface area contributed by atoms with Crippen molar-refractivity contribution in [1.82, 2.24) is 4.90 Å². The van der Waals surface area contributed by atoms with Gasteiger partial charge in [-0.1, -0.05) is 25.0 Å². The van der Waals surface area contributed by atoms with Gasteiger partial charge in [0.15, 0.2) is 0 Å². The van der Waals surface area contributed by atoms with Gasteiger partial charge in [0.2, 0.25) is 0 Å². The maximum atomic E-state index is 11.9. The summed E-state index contributed by atoms with van der Waals surface area (Å²) >= 11 is 0. The second-order valence-corrected chi connectivity index (χ2v) is 8.02. The average Bonchev–Trinajstić information content (AvgIpc) is 2.69. The lowest BCUT2D eigenvalue weighted by molar-refractivity contribution is 0.0827. The quantitative estimate of drug-likeness (QED) is 0.732. The molecule has 0 heterocycles. The molecule has 3 nitrogen and oxygen atoms in total. The van der Waals surface area contributed by atoms with Crippen molar-refractivity contribution in [2.75, 3.05) is 14.1 Å². The zero-order valence-corrected chi connectivity index (χ0v) is 15.7. The van der Waals surface area contributed by atoms with Crippen LogP contribution >= 0.6 is 0 Å². The molecular formula is C23H27NO2. The van der Waals surface area contributed by atoms with Crippen LogP contribution in [-0.4, -0.2) is 24.9 Å². The molecule has 0 saturated heterocycles. The highest BCUT2D eigenvalue weighted by molar-refractivity contribution is 5.93. The highest BCUT2D eigenvalue weighted by atomic mass is 16.5. The lowest BCUT2D eigenvalue weighted by atomic mass is 9.63. The van der Waals surface area contributed by atoms with E-state index in [0.29, 0.717) is 5.56 Å². The molecule has 0 radical (unpaired) electrons. The molecule has 3 aliphatic rings. The van der Waals surface area contributed by atoms with Crippen molar-refractivity contribution in [2.45, 2.75) is 38.0 Å². The fraction of sp³-hybridized carbons (Fsp3) is 0.435. The maximum absolute atomic E-state index is 11.9. The average molecular weight is 349 g/mol. The van der Waals surface area contributed by atoms with Gasteiger partial charge in [-0.2, -0.15) is 0 Å². The largest absolute Gasteiger partial charge is 0.457 e. The van der Waals surface area contributed by atoms with Gasteiger partial charge in [-0.25, -0.2) is 0 Å². The predicted molar refractivity (Wildman–Crippen MR) is 104 cm³/mol. The molecule has 3 saturated carbocycles. The Morgan fingerprint density at radius 1 is 0.885 bits per heavy atom. The first-order valence-corrected chi connectivity index (χ1v) is 9.69. The van der Waals surface area contributed by atoms with Crippen LogP contribution in [0.4, 0.5) is 0 Å². The molecule has 2 bridgehead atoms. The zero-order chi connectivity index (χ0) is 18.1. The van der Waals surface area contributed by atoms with E-state index < -0.39 is 0 Å². The number of carbonyl (C=O) groups is 1. The Morgan fingerprint density at radius 2 is 1.46 bits per heavy atom. The van der Waals surface area contributed by atoms with E-state index in [9.17, 15) is 4.79 Å². The summed E-state index contributed by atoms with van der Waals surface area (Å²) in [4.78, 5) is 13.5. The molecule has 5 rings (SSSR count). The van der Waals surface area contributed by atoms with E-state index in [-0.39, 0.29) is 5.91 Å². The van der Waals surface area contributed by atoms with Gasteiger partial charge in [0, 0.05) is 19.7 Å². The van der Waals surface area contributed by atoms with E-state index in [4.69, 9.17) is 4.74 Å². The first-order valence-electron chi connectivity index (χ1n) is 9.69. The summed E-state index contributed by atoms with van der Waals surface area (Å²) in [5.41, 5.74) is 2.14. The topological polar surface area (TPSA) is 29.5 Å². The Kier molecular flexibility index (Phi) is 4.71. The smallest absolute Gasteiger partial charge is 0.253 e. The number of benzene rings is 2. The Hall–Kier alpha value is -2.29. The highest BCUT2D eigenvalue weighted by Crippen LogP contribution is 2.49. The monoisotopic (exact) mass is 349 g/mol. The van der Waals surface area contributed by atoms with Crippen molar-refractivity contribution in [3.8, 4) is 11.5 Å². The van der Waals surface area contributed by atoms with Crippen molar-refractivity contribution in [3.63, 3.8) is 0 Å². The number of amides is 1. The summed E-state index contributed by atoms with van der Waals surface area (Å²) in [7, 11) is 3.51. The van der Waals surface area contributed by atoms with Crippen molar-refractivity contribution < 1.29 is 9.53 Å². The molecular weight excluding hydrogens is 322 g/mol. The van der Waals surface area contributed by atoms with E-state index in [0.717, 1.165) is 29.3 Å². The van der Waals surface area contributed by atoms with Crippen LogP contribution < -0.4 is 4.74 Å². The van der Waals surface area contributed by atoms with Crippen LogP contribution in [-0.2, 0) is 0 Å². The number of nitrogens with zero attached hydrogens (tertiary/aromatic N) is 1. The van der Waals surface area contributed by atoms with Gasteiger partial charge >= 0.3 is 0 Å². The molecule has 1 amide bonds. The third kappa shape index (κ3) is 3.48. The van der Waals surface area contributed by atoms with Crippen molar-refractivity contribution in [2.24, 2.45) is 11.8 Å². The number of fused-ring (bicyclic) bond motifs is 3. The molecule has 1 unspecified atom stereocenters. The van der Waals surface area contributed by atoms with Gasteiger partial charge < -0.3 is 9.64 Å². The molecule has 136 valence electrons. The summed E-state index contributed by atoms with van der Waals surface area (Å²) in [6, 6.07) is 16.0. The molecule has 1 atom stereocenters. The highest BCUT2D eigenvalue weighted by Gasteiger charge is 2.36. The molecule has 2 aromatic rings. The first-order chi connectivity index (χ1) is 12.6. The Morgan fingerprint density at radius 3 is 1.96 bits per heavy atom. The van der Waals surface area contributed by atoms with Crippen LogP contribution in [0.5, 0.6) is 11.5 Å². The van der Waals surface area contributed by atoms with E-state index in [1.807, 2.05) is 24.3 Å². The fourth-order valence-electron chi connectivity index (χ4n) is 4.63. The third-order valence-corrected chi connectivity index (χ3v) is 6.10. The van der Waals surface area contributed by atoms with Gasteiger partial charge in [0.05, 0.1) is 0 Å². The van der Waals surface area contributed by atoms with Gasteiger partial charge in [0.1, 0.15) is 11.5 Å². The summed E-state index contributed by atoms with van der Waals surface area (Å²) in [5, 5.41) is 0. The van der Waals surface area contributed by atoms with Gasteiger partial charge in [0.25, 0.3) is 5.91 Å². The molecule has 3 aliphatic carbocycles. The van der Waals surface area contributed by atoms with E-state index in [1.165, 1.54) is 37.7 Å². The van der Waals surface area contributed by atoms with E-state index in [2.05, 4.69) is 24.3 Å². The maximum Gasteiger partial charge on any atom is 0.253 e. The van der Waals surface area contributed by atoms with Crippen LogP contribution in [0.25, 0.3) is 0 Å². The molecule has 0 spiro atoms. The lowest BCUT2D eigenvalue weighted by Crippen LogP contribution is -2.29. The Balaban J connectivity index is 1.42. The predicted octanol–water partition coefficient (Wildman–Crippen LogP) is 5.47. The second kappa shape index (κ2) is 7.14. The summed E-state index contributed by atoms with van der Waals surface area (Å²) in [5.74, 6) is 4.18. The van der Waals surface area contributed by atoms with Crippen molar-refractivity contribution in [1.29, 1.82) is 0 Å². The third-order valence-electron chi connectivity index (χ3n) is 6.10. The number of hydrogen-bond donors (Lipinski definition) is 0. The molecule has 0 N–H and O–H groups in total. The van der Waals surface area contributed by atoms with Gasteiger partial charge in [-0.15, -0.1) is 0 Å². The summed E-state index contributed by atoms with van der Waals surface area (Å²) in [6.45, 7) is 0. The van der Waals surface area contributed by atoms with E-state index >= 15 is 0 Å². The molecule has 3 heteroatoms. The molecule has 0 aliphatic heterocycles.